The molecule has 0 radical (unpaired) electrons. The number of aromatic nitrogens is 1. The topological polar surface area (TPSA) is 65.2 Å². The maximum Gasteiger partial charge on any atom is 0.159 e. The summed E-state index contributed by atoms with van der Waals surface area (Å²) in [7, 11) is 1.40. The van der Waals surface area contributed by atoms with Gasteiger partial charge in [0.1, 0.15) is 5.82 Å². The summed E-state index contributed by atoms with van der Waals surface area (Å²) in [5.41, 5.74) is 6.22. The third kappa shape index (κ3) is 2.60. The minimum atomic E-state index is -1.27. The molecule has 0 bridgehead atoms. The number of nitrogen functional groups attached to an aromatic ring is 1. The molecule has 5 heteroatoms. The molecule has 1 rings (SSSR count). The van der Waals surface area contributed by atoms with Crippen molar-refractivity contribution in [2.75, 3.05) is 12.8 Å². The average Bonchev–Trinajstić information content (AvgIpc) is 2.09. The molecule has 0 aliphatic carbocycles. The van der Waals surface area contributed by atoms with Gasteiger partial charge in [-0.1, -0.05) is 6.07 Å². The van der Waals surface area contributed by atoms with E-state index in [9.17, 15) is 4.21 Å². The van der Waals surface area contributed by atoms with E-state index in [0.29, 0.717) is 11.6 Å². The van der Waals surface area contributed by atoms with Crippen molar-refractivity contribution >= 4 is 16.9 Å². The fraction of sp³-hybridized carbons (Fsp3) is 0.286. The van der Waals surface area contributed by atoms with Crippen LogP contribution in [0.3, 0.4) is 0 Å². The van der Waals surface area contributed by atoms with Gasteiger partial charge in [-0.2, -0.15) is 0 Å². The molecule has 1 aromatic rings. The van der Waals surface area contributed by atoms with Gasteiger partial charge >= 0.3 is 0 Å². The zero-order valence-corrected chi connectivity index (χ0v) is 7.50. The smallest absolute Gasteiger partial charge is 0.159 e. The number of nitrogens with zero attached hydrogens (tertiary/aromatic N) is 1. The maximum atomic E-state index is 10.9. The van der Waals surface area contributed by atoms with Crippen molar-refractivity contribution in [2.24, 2.45) is 0 Å². The normalized spacial score (nSPS) is 12.8. The van der Waals surface area contributed by atoms with E-state index in [4.69, 9.17) is 5.73 Å². The molecule has 1 unspecified atom stereocenters. The Hall–Kier alpha value is -0.940. The lowest BCUT2D eigenvalue weighted by Crippen LogP contribution is -1.98. The van der Waals surface area contributed by atoms with E-state index in [2.05, 4.69) is 9.17 Å². The van der Waals surface area contributed by atoms with Crippen molar-refractivity contribution < 1.29 is 8.39 Å². The number of anilines is 1. The molecule has 0 aromatic carbocycles. The fourth-order valence-electron chi connectivity index (χ4n) is 0.716. The predicted octanol–water partition coefficient (Wildman–Crippen LogP) is 0.474. The zero-order valence-electron chi connectivity index (χ0n) is 6.69. The first-order valence-corrected chi connectivity index (χ1v) is 4.60. The van der Waals surface area contributed by atoms with Gasteiger partial charge in [0.15, 0.2) is 11.1 Å². The Labute approximate surface area is 73.4 Å². The standard InChI is InChI=1S/C7H10N2O2S/c1-11-12(10)5-6-2-3-7(8)9-4-6/h2-4H,5H2,1H3,(H2,8,9). The highest BCUT2D eigenvalue weighted by atomic mass is 32.2. The van der Waals surface area contributed by atoms with Crippen molar-refractivity contribution in [3.05, 3.63) is 23.9 Å². The van der Waals surface area contributed by atoms with Crippen LogP contribution in [0.25, 0.3) is 0 Å². The van der Waals surface area contributed by atoms with Crippen molar-refractivity contribution in [3.63, 3.8) is 0 Å². The van der Waals surface area contributed by atoms with Gasteiger partial charge in [-0.05, 0) is 11.6 Å². The number of hydrogen-bond donors (Lipinski definition) is 1. The molecule has 0 aliphatic heterocycles. The van der Waals surface area contributed by atoms with E-state index >= 15 is 0 Å². The highest BCUT2D eigenvalue weighted by molar-refractivity contribution is 7.79. The van der Waals surface area contributed by atoms with Crippen LogP contribution < -0.4 is 5.73 Å². The van der Waals surface area contributed by atoms with Gasteiger partial charge in [0.25, 0.3) is 0 Å². The van der Waals surface area contributed by atoms with E-state index in [0.717, 1.165) is 5.56 Å². The van der Waals surface area contributed by atoms with Crippen LogP contribution in [0.1, 0.15) is 5.56 Å². The first-order chi connectivity index (χ1) is 5.72. The van der Waals surface area contributed by atoms with Gasteiger partial charge in [-0.15, -0.1) is 0 Å². The summed E-state index contributed by atoms with van der Waals surface area (Å²) in [5, 5.41) is 0. The predicted molar refractivity (Wildman–Crippen MR) is 47.5 cm³/mol. The van der Waals surface area contributed by atoms with Crippen molar-refractivity contribution in [1.82, 2.24) is 4.98 Å². The molecule has 1 aromatic heterocycles. The van der Waals surface area contributed by atoms with E-state index < -0.39 is 11.1 Å². The average molecular weight is 186 g/mol. The molecular weight excluding hydrogens is 176 g/mol. The Morgan fingerprint density at radius 1 is 1.67 bits per heavy atom. The molecule has 2 N–H and O–H groups in total. The van der Waals surface area contributed by atoms with Crippen LogP contribution in [0.4, 0.5) is 5.82 Å². The summed E-state index contributed by atoms with van der Waals surface area (Å²) in [6, 6.07) is 3.45. The Morgan fingerprint density at radius 3 is 2.92 bits per heavy atom. The summed E-state index contributed by atoms with van der Waals surface area (Å²) in [6.45, 7) is 0. The Bertz CT molecular complexity index is 273. The fourth-order valence-corrected chi connectivity index (χ4v) is 1.28. The lowest BCUT2D eigenvalue weighted by molar-refractivity contribution is 0.445. The summed E-state index contributed by atoms with van der Waals surface area (Å²) in [6.07, 6.45) is 1.59. The second-order valence-corrected chi connectivity index (χ2v) is 3.44. The van der Waals surface area contributed by atoms with E-state index in [1.165, 1.54) is 7.11 Å². The third-order valence-electron chi connectivity index (χ3n) is 1.32. The lowest BCUT2D eigenvalue weighted by Gasteiger charge is -1.98. The van der Waals surface area contributed by atoms with Gasteiger partial charge in [0.05, 0.1) is 12.9 Å². The molecule has 0 saturated carbocycles. The van der Waals surface area contributed by atoms with Crippen LogP contribution in [0.15, 0.2) is 18.3 Å². The molecule has 1 atom stereocenters. The second kappa shape index (κ2) is 4.18. The lowest BCUT2D eigenvalue weighted by atomic mass is 10.3. The first-order valence-electron chi connectivity index (χ1n) is 3.35. The number of rotatable bonds is 3. The first kappa shape index (κ1) is 9.15. The Kier molecular flexibility index (Phi) is 3.19. The highest BCUT2D eigenvalue weighted by Crippen LogP contribution is 2.04. The van der Waals surface area contributed by atoms with E-state index in [1.54, 1.807) is 18.3 Å². The molecule has 12 heavy (non-hydrogen) atoms. The van der Waals surface area contributed by atoms with Crippen LogP contribution in [0.2, 0.25) is 0 Å². The summed E-state index contributed by atoms with van der Waals surface area (Å²) < 4.78 is 15.5. The molecule has 0 aliphatic rings. The quantitative estimate of drug-likeness (QED) is 0.745. The van der Waals surface area contributed by atoms with Crippen molar-refractivity contribution in [3.8, 4) is 0 Å². The highest BCUT2D eigenvalue weighted by Gasteiger charge is 1.99. The molecule has 0 saturated heterocycles. The van der Waals surface area contributed by atoms with Crippen LogP contribution in [0, 0.1) is 0 Å². The van der Waals surface area contributed by atoms with Crippen LogP contribution in [-0.2, 0) is 21.0 Å². The number of nitrogens with two attached hydrogens (primary N) is 1. The van der Waals surface area contributed by atoms with E-state index in [1.807, 2.05) is 0 Å². The summed E-state index contributed by atoms with van der Waals surface area (Å²) >= 11 is -1.27. The molecular formula is C7H10N2O2S. The van der Waals surface area contributed by atoms with Gasteiger partial charge in [-0.25, -0.2) is 9.19 Å². The Balaban J connectivity index is 2.64. The molecule has 66 valence electrons. The monoisotopic (exact) mass is 186 g/mol. The number of pyridine rings is 1. The molecule has 0 spiro atoms. The van der Waals surface area contributed by atoms with Crippen LogP contribution in [-0.4, -0.2) is 16.3 Å². The van der Waals surface area contributed by atoms with Gasteiger partial charge in [0.2, 0.25) is 0 Å². The minimum absolute atomic E-state index is 0.351. The molecule has 1 heterocycles. The van der Waals surface area contributed by atoms with Crippen LogP contribution >= 0.6 is 0 Å². The van der Waals surface area contributed by atoms with Crippen molar-refractivity contribution in [2.45, 2.75) is 5.75 Å². The second-order valence-electron chi connectivity index (χ2n) is 2.21. The number of hydrogen-bond acceptors (Lipinski definition) is 4. The third-order valence-corrected chi connectivity index (χ3v) is 2.26. The van der Waals surface area contributed by atoms with Gasteiger partial charge < -0.3 is 5.73 Å². The zero-order chi connectivity index (χ0) is 8.97. The Morgan fingerprint density at radius 2 is 2.42 bits per heavy atom. The van der Waals surface area contributed by atoms with Gasteiger partial charge in [0, 0.05) is 6.20 Å². The molecule has 4 nitrogen and oxygen atoms in total. The molecule has 0 fully saturated rings. The minimum Gasteiger partial charge on any atom is -0.384 e. The van der Waals surface area contributed by atoms with Crippen molar-refractivity contribution in [1.29, 1.82) is 0 Å². The maximum absolute atomic E-state index is 10.9. The SMILES string of the molecule is COS(=O)Cc1ccc(N)nc1. The summed E-state index contributed by atoms with van der Waals surface area (Å²) in [5.74, 6) is 0.811. The largest absolute Gasteiger partial charge is 0.384 e. The van der Waals surface area contributed by atoms with E-state index in [-0.39, 0.29) is 0 Å². The van der Waals surface area contributed by atoms with Gasteiger partial charge in [-0.3, -0.25) is 4.18 Å². The summed E-state index contributed by atoms with van der Waals surface area (Å²) in [4.78, 5) is 3.85. The van der Waals surface area contributed by atoms with Crippen LogP contribution in [0.5, 0.6) is 0 Å². The molecule has 0 amide bonds.